The minimum Gasteiger partial charge on any atom is -0.320 e. The van der Waals surface area contributed by atoms with Gasteiger partial charge in [-0.2, -0.15) is 5.10 Å². The number of H-pyrrole nitrogens is 1. The van der Waals surface area contributed by atoms with Crippen molar-refractivity contribution in [1.29, 1.82) is 0 Å². The van der Waals surface area contributed by atoms with Gasteiger partial charge in [-0.25, -0.2) is 4.39 Å². The van der Waals surface area contributed by atoms with Crippen LogP contribution in [0.5, 0.6) is 0 Å². The summed E-state index contributed by atoms with van der Waals surface area (Å²) in [5, 5.41) is 10.2. The molecule has 0 fully saturated rings. The zero-order valence-corrected chi connectivity index (χ0v) is 10.8. The van der Waals surface area contributed by atoms with Crippen LogP contribution >= 0.6 is 0 Å². The van der Waals surface area contributed by atoms with Crippen LogP contribution in [0, 0.1) is 12.7 Å². The van der Waals surface area contributed by atoms with E-state index in [1.54, 1.807) is 13.0 Å². The number of carbonyl (C=O) groups excluding carboxylic acids is 1. The third kappa shape index (κ3) is 2.25. The molecule has 0 aliphatic rings. The first-order valence-electron chi connectivity index (χ1n) is 6.15. The predicted octanol–water partition coefficient (Wildman–Crippen LogP) is 3.26. The van der Waals surface area contributed by atoms with Crippen LogP contribution in [0.4, 0.5) is 10.1 Å². The monoisotopic (exact) mass is 269 g/mol. The normalized spacial score (nSPS) is 10.7. The molecule has 20 heavy (non-hydrogen) atoms. The van der Waals surface area contributed by atoms with Crippen LogP contribution in [0.2, 0.25) is 0 Å². The van der Waals surface area contributed by atoms with E-state index in [0.717, 1.165) is 16.5 Å². The predicted molar refractivity (Wildman–Crippen MR) is 75.2 cm³/mol. The standard InChI is InChI=1S/C15H12FN3O/c1-9-6-10(16)8-11(7-9)17-15(20)14-12-4-2-3-5-13(12)18-19-14/h2-8H,1H3,(H,17,20)(H,18,19). The number of carbonyl (C=O) groups is 1. The van der Waals surface area contributed by atoms with Gasteiger partial charge in [0, 0.05) is 11.1 Å². The molecule has 3 aromatic rings. The van der Waals surface area contributed by atoms with E-state index >= 15 is 0 Å². The van der Waals surface area contributed by atoms with Crippen molar-refractivity contribution in [2.45, 2.75) is 6.92 Å². The lowest BCUT2D eigenvalue weighted by Gasteiger charge is -2.05. The molecule has 1 heterocycles. The molecule has 100 valence electrons. The Labute approximate surface area is 114 Å². The summed E-state index contributed by atoms with van der Waals surface area (Å²) in [6.07, 6.45) is 0. The summed E-state index contributed by atoms with van der Waals surface area (Å²) in [5.41, 5.74) is 2.24. The molecule has 0 aliphatic heterocycles. The summed E-state index contributed by atoms with van der Waals surface area (Å²) in [6, 6.07) is 11.7. The number of hydrogen-bond acceptors (Lipinski definition) is 2. The Hall–Kier alpha value is -2.69. The molecule has 4 nitrogen and oxygen atoms in total. The molecule has 0 spiro atoms. The maximum Gasteiger partial charge on any atom is 0.276 e. The molecule has 3 rings (SSSR count). The molecule has 0 atom stereocenters. The summed E-state index contributed by atoms with van der Waals surface area (Å²) in [6.45, 7) is 1.77. The zero-order valence-electron chi connectivity index (χ0n) is 10.8. The van der Waals surface area contributed by atoms with Gasteiger partial charge in [0.2, 0.25) is 0 Å². The number of benzene rings is 2. The third-order valence-electron chi connectivity index (χ3n) is 2.99. The number of nitrogens with one attached hydrogen (secondary N) is 2. The van der Waals surface area contributed by atoms with Crippen molar-refractivity contribution in [3.05, 3.63) is 59.5 Å². The molecule has 2 aromatic carbocycles. The lowest BCUT2D eigenvalue weighted by atomic mass is 10.2. The number of amides is 1. The summed E-state index contributed by atoms with van der Waals surface area (Å²) in [5.74, 6) is -0.750. The first-order valence-corrected chi connectivity index (χ1v) is 6.15. The Morgan fingerprint density at radius 1 is 1.25 bits per heavy atom. The van der Waals surface area contributed by atoms with E-state index in [-0.39, 0.29) is 11.7 Å². The number of aromatic nitrogens is 2. The summed E-state index contributed by atoms with van der Waals surface area (Å²) in [4.78, 5) is 12.2. The van der Waals surface area contributed by atoms with Crippen LogP contribution in [-0.4, -0.2) is 16.1 Å². The van der Waals surface area contributed by atoms with E-state index in [2.05, 4.69) is 15.5 Å². The number of rotatable bonds is 2. The van der Waals surface area contributed by atoms with Crippen molar-refractivity contribution >= 4 is 22.5 Å². The first kappa shape index (κ1) is 12.3. The smallest absolute Gasteiger partial charge is 0.276 e. The Morgan fingerprint density at radius 2 is 2.05 bits per heavy atom. The highest BCUT2D eigenvalue weighted by Crippen LogP contribution is 2.18. The van der Waals surface area contributed by atoms with Crippen molar-refractivity contribution in [2.75, 3.05) is 5.32 Å². The highest BCUT2D eigenvalue weighted by atomic mass is 19.1. The van der Waals surface area contributed by atoms with E-state index in [1.165, 1.54) is 12.1 Å². The van der Waals surface area contributed by atoms with Gasteiger partial charge >= 0.3 is 0 Å². The van der Waals surface area contributed by atoms with Crippen molar-refractivity contribution in [1.82, 2.24) is 10.2 Å². The average Bonchev–Trinajstić information content (AvgIpc) is 2.81. The highest BCUT2D eigenvalue weighted by Gasteiger charge is 2.14. The molecular weight excluding hydrogens is 257 g/mol. The van der Waals surface area contributed by atoms with Gasteiger partial charge in [0.05, 0.1) is 5.52 Å². The van der Waals surface area contributed by atoms with Gasteiger partial charge < -0.3 is 5.32 Å². The number of aromatic amines is 1. The van der Waals surface area contributed by atoms with Crippen LogP contribution in [0.25, 0.3) is 10.9 Å². The van der Waals surface area contributed by atoms with E-state index in [4.69, 9.17) is 0 Å². The van der Waals surface area contributed by atoms with E-state index < -0.39 is 0 Å². The lowest BCUT2D eigenvalue weighted by Crippen LogP contribution is -2.13. The molecule has 2 N–H and O–H groups in total. The van der Waals surface area contributed by atoms with E-state index in [9.17, 15) is 9.18 Å². The fourth-order valence-electron chi connectivity index (χ4n) is 2.14. The Bertz CT molecular complexity index is 774. The summed E-state index contributed by atoms with van der Waals surface area (Å²) in [7, 11) is 0. The zero-order chi connectivity index (χ0) is 14.1. The average molecular weight is 269 g/mol. The summed E-state index contributed by atoms with van der Waals surface area (Å²) < 4.78 is 13.3. The first-order chi connectivity index (χ1) is 9.63. The number of para-hydroxylation sites is 1. The van der Waals surface area contributed by atoms with Crippen molar-refractivity contribution < 1.29 is 9.18 Å². The van der Waals surface area contributed by atoms with Gasteiger partial charge in [0.1, 0.15) is 5.82 Å². The Kier molecular flexibility index (Phi) is 2.95. The van der Waals surface area contributed by atoms with E-state index in [1.807, 2.05) is 24.3 Å². The van der Waals surface area contributed by atoms with Crippen LogP contribution in [-0.2, 0) is 0 Å². The number of fused-ring (bicyclic) bond motifs is 1. The molecule has 0 unspecified atom stereocenters. The van der Waals surface area contributed by atoms with Gasteiger partial charge in [-0.1, -0.05) is 18.2 Å². The molecule has 0 saturated carbocycles. The highest BCUT2D eigenvalue weighted by molar-refractivity contribution is 6.11. The minimum absolute atomic E-state index is 0.294. The van der Waals surface area contributed by atoms with Gasteiger partial charge in [0.15, 0.2) is 5.69 Å². The second-order valence-electron chi connectivity index (χ2n) is 4.59. The maximum absolute atomic E-state index is 13.3. The SMILES string of the molecule is Cc1cc(F)cc(NC(=O)c2n[nH]c3ccccc23)c1. The molecule has 0 radical (unpaired) electrons. The molecule has 0 bridgehead atoms. The lowest BCUT2D eigenvalue weighted by molar-refractivity contribution is 0.102. The Morgan fingerprint density at radius 3 is 2.85 bits per heavy atom. The quantitative estimate of drug-likeness (QED) is 0.750. The molecule has 1 amide bonds. The van der Waals surface area contributed by atoms with Crippen LogP contribution < -0.4 is 5.32 Å². The van der Waals surface area contributed by atoms with Gasteiger partial charge in [-0.05, 0) is 36.8 Å². The van der Waals surface area contributed by atoms with Crippen LogP contribution in [0.15, 0.2) is 42.5 Å². The van der Waals surface area contributed by atoms with Crippen LogP contribution in [0.3, 0.4) is 0 Å². The van der Waals surface area contributed by atoms with Gasteiger partial charge in [-0.15, -0.1) is 0 Å². The number of aryl methyl sites for hydroxylation is 1. The van der Waals surface area contributed by atoms with Gasteiger partial charge in [0.25, 0.3) is 5.91 Å². The maximum atomic E-state index is 13.3. The number of halogens is 1. The Balaban J connectivity index is 1.93. The fourth-order valence-corrected chi connectivity index (χ4v) is 2.14. The molecule has 0 saturated heterocycles. The second-order valence-corrected chi connectivity index (χ2v) is 4.59. The van der Waals surface area contributed by atoms with E-state index in [0.29, 0.717) is 11.4 Å². The van der Waals surface area contributed by atoms with Crippen molar-refractivity contribution in [3.8, 4) is 0 Å². The molecular formula is C15H12FN3O. The number of anilines is 1. The van der Waals surface area contributed by atoms with Gasteiger partial charge in [-0.3, -0.25) is 9.89 Å². The molecule has 1 aromatic heterocycles. The topological polar surface area (TPSA) is 57.8 Å². The molecule has 0 aliphatic carbocycles. The van der Waals surface area contributed by atoms with Crippen molar-refractivity contribution in [3.63, 3.8) is 0 Å². The fraction of sp³-hybridized carbons (Fsp3) is 0.0667. The minimum atomic E-state index is -0.382. The number of hydrogen-bond donors (Lipinski definition) is 2. The third-order valence-corrected chi connectivity index (χ3v) is 2.99. The summed E-state index contributed by atoms with van der Waals surface area (Å²) >= 11 is 0. The van der Waals surface area contributed by atoms with Crippen molar-refractivity contribution in [2.24, 2.45) is 0 Å². The number of nitrogens with zero attached hydrogens (tertiary/aromatic N) is 1. The van der Waals surface area contributed by atoms with Crippen LogP contribution in [0.1, 0.15) is 16.1 Å². The largest absolute Gasteiger partial charge is 0.320 e. The molecule has 5 heteroatoms. The second kappa shape index (κ2) is 4.77.